The van der Waals surface area contributed by atoms with Crippen LogP contribution in [0.5, 0.6) is 0 Å². The molecule has 2 unspecified atom stereocenters. The van der Waals surface area contributed by atoms with Crippen molar-refractivity contribution in [2.45, 2.75) is 412 Å². The van der Waals surface area contributed by atoms with Gasteiger partial charge in [-0.05, 0) is 31.6 Å². The largest absolute Gasteiger partial charge is 0.472 e. The second kappa shape index (κ2) is 68.2. The van der Waals surface area contributed by atoms with Gasteiger partial charge < -0.3 is 33.8 Å². The van der Waals surface area contributed by atoms with E-state index < -0.39 is 97.5 Å². The molecule has 5 atom stereocenters. The third-order valence-corrected chi connectivity index (χ3v) is 19.4. The quantitative estimate of drug-likeness (QED) is 0.0222. The van der Waals surface area contributed by atoms with Gasteiger partial charge in [-0.3, -0.25) is 37.3 Å². The lowest BCUT2D eigenvalue weighted by molar-refractivity contribution is -0.161. The Hall–Kier alpha value is -1.94. The Labute approximate surface area is 575 Å². The third-order valence-electron chi connectivity index (χ3n) is 17.5. The van der Waals surface area contributed by atoms with Gasteiger partial charge in [-0.15, -0.1) is 0 Å². The van der Waals surface area contributed by atoms with Crippen molar-refractivity contribution in [3.05, 3.63) is 0 Å². The number of phosphoric ester groups is 2. The van der Waals surface area contributed by atoms with Crippen molar-refractivity contribution in [1.82, 2.24) is 0 Å². The van der Waals surface area contributed by atoms with Gasteiger partial charge in [-0.25, -0.2) is 9.13 Å². The van der Waals surface area contributed by atoms with Crippen LogP contribution < -0.4 is 0 Å². The molecule has 0 saturated carbocycles. The number of hydrogen-bond donors (Lipinski definition) is 3. The van der Waals surface area contributed by atoms with Gasteiger partial charge in [0.2, 0.25) is 0 Å². The molecule has 0 radical (unpaired) electrons. The number of aliphatic hydroxyl groups is 1. The summed E-state index contributed by atoms with van der Waals surface area (Å²) in [5.41, 5.74) is 0. The highest BCUT2D eigenvalue weighted by molar-refractivity contribution is 7.47. The molecule has 0 fully saturated rings. The molecule has 0 aliphatic heterocycles. The predicted molar refractivity (Wildman–Crippen MR) is 382 cm³/mol. The number of unbranched alkanes of at least 4 members (excludes halogenated alkanes) is 47. The van der Waals surface area contributed by atoms with Crippen LogP contribution >= 0.6 is 15.6 Å². The normalized spacial score (nSPS) is 14.0. The van der Waals surface area contributed by atoms with Gasteiger partial charge in [-0.2, -0.15) is 0 Å². The van der Waals surface area contributed by atoms with E-state index in [2.05, 4.69) is 34.6 Å². The number of esters is 4. The topological polar surface area (TPSA) is 237 Å². The fourth-order valence-corrected chi connectivity index (χ4v) is 13.1. The van der Waals surface area contributed by atoms with Crippen LogP contribution in [0.1, 0.15) is 394 Å². The summed E-state index contributed by atoms with van der Waals surface area (Å²) < 4.78 is 68.4. The fourth-order valence-electron chi connectivity index (χ4n) is 11.5. The summed E-state index contributed by atoms with van der Waals surface area (Å²) in [6, 6.07) is 0. The average molecular weight is 1380 g/mol. The van der Waals surface area contributed by atoms with E-state index in [0.717, 1.165) is 102 Å². The molecule has 0 rings (SSSR count). The Kier molecular flexibility index (Phi) is 66.8. The first-order valence-electron chi connectivity index (χ1n) is 39.1. The molecule has 0 aliphatic rings. The summed E-state index contributed by atoms with van der Waals surface area (Å²) in [5.74, 6) is -1.33. The Morgan fingerprint density at radius 3 is 0.723 bits per heavy atom. The average Bonchev–Trinajstić information content (AvgIpc) is 1.57. The molecule has 558 valence electrons. The Bertz CT molecular complexity index is 1810. The summed E-state index contributed by atoms with van der Waals surface area (Å²) in [7, 11) is -9.90. The maximum absolute atomic E-state index is 13.1. The van der Waals surface area contributed by atoms with Crippen molar-refractivity contribution in [2.75, 3.05) is 39.6 Å². The number of phosphoric acid groups is 2. The molecule has 17 nitrogen and oxygen atoms in total. The zero-order valence-corrected chi connectivity index (χ0v) is 62.9. The SMILES string of the molecule is CCCCCCCCCCCCCCCCCCCC(=O)O[C@H](COC(=O)CCCCCCCCCCCCCCC(C)C)COP(=O)(O)OC[C@@H](O)COP(=O)(O)OC[C@@H](COC(=O)CCCCCCCCCC)OC(=O)CCCCCCCCCCCCCCCC. The minimum Gasteiger partial charge on any atom is -0.462 e. The molecule has 0 amide bonds. The van der Waals surface area contributed by atoms with Crippen LogP contribution in [0.4, 0.5) is 0 Å². The molecule has 0 aliphatic carbocycles. The minimum absolute atomic E-state index is 0.108. The van der Waals surface area contributed by atoms with E-state index in [1.165, 1.54) is 212 Å². The number of ether oxygens (including phenoxy) is 4. The smallest absolute Gasteiger partial charge is 0.462 e. The number of hydrogen-bond acceptors (Lipinski definition) is 15. The lowest BCUT2D eigenvalue weighted by Gasteiger charge is -2.21. The van der Waals surface area contributed by atoms with Crippen LogP contribution in [0.25, 0.3) is 0 Å². The molecule has 0 aromatic heterocycles. The maximum atomic E-state index is 13.1. The Balaban J connectivity index is 5.22. The van der Waals surface area contributed by atoms with Crippen LogP contribution in [-0.4, -0.2) is 96.7 Å². The molecule has 0 heterocycles. The van der Waals surface area contributed by atoms with Gasteiger partial charge >= 0.3 is 39.5 Å². The summed E-state index contributed by atoms with van der Waals surface area (Å²) in [4.78, 5) is 72.7. The zero-order valence-electron chi connectivity index (χ0n) is 61.1. The molecule has 19 heteroatoms. The molecular formula is C75H146O17P2. The van der Waals surface area contributed by atoms with Crippen molar-refractivity contribution in [3.8, 4) is 0 Å². The van der Waals surface area contributed by atoms with Crippen LogP contribution in [0.3, 0.4) is 0 Å². The highest BCUT2D eigenvalue weighted by Crippen LogP contribution is 2.45. The minimum atomic E-state index is -4.96. The van der Waals surface area contributed by atoms with Gasteiger partial charge in [-0.1, -0.05) is 343 Å². The number of rotatable bonds is 75. The molecule has 3 N–H and O–H groups in total. The highest BCUT2D eigenvalue weighted by Gasteiger charge is 2.30. The first-order chi connectivity index (χ1) is 45.5. The Morgan fingerprint density at radius 1 is 0.287 bits per heavy atom. The second-order valence-electron chi connectivity index (χ2n) is 27.5. The van der Waals surface area contributed by atoms with Crippen molar-refractivity contribution in [2.24, 2.45) is 5.92 Å². The lowest BCUT2D eigenvalue weighted by atomic mass is 10.0. The first-order valence-corrected chi connectivity index (χ1v) is 42.1. The van der Waals surface area contributed by atoms with Gasteiger partial charge in [0.15, 0.2) is 12.2 Å². The van der Waals surface area contributed by atoms with Gasteiger partial charge in [0.1, 0.15) is 19.3 Å². The third kappa shape index (κ3) is 68.6. The Morgan fingerprint density at radius 2 is 0.489 bits per heavy atom. The molecule has 94 heavy (non-hydrogen) atoms. The fraction of sp³-hybridized carbons (Fsp3) is 0.947. The van der Waals surface area contributed by atoms with Gasteiger partial charge in [0, 0.05) is 25.7 Å². The molecule has 0 aromatic rings. The zero-order chi connectivity index (χ0) is 69.1. The van der Waals surface area contributed by atoms with Crippen molar-refractivity contribution < 1.29 is 80.2 Å². The molecular weight excluding hydrogens is 1230 g/mol. The van der Waals surface area contributed by atoms with E-state index in [0.29, 0.717) is 25.7 Å². The lowest BCUT2D eigenvalue weighted by Crippen LogP contribution is -2.30. The van der Waals surface area contributed by atoms with E-state index in [1.807, 2.05) is 0 Å². The summed E-state index contributed by atoms with van der Waals surface area (Å²) in [6.07, 6.45) is 56.8. The molecule has 0 saturated heterocycles. The highest BCUT2D eigenvalue weighted by atomic mass is 31.2. The van der Waals surface area contributed by atoms with Gasteiger partial charge in [0.05, 0.1) is 26.4 Å². The van der Waals surface area contributed by atoms with Crippen LogP contribution in [0, 0.1) is 5.92 Å². The summed E-state index contributed by atoms with van der Waals surface area (Å²) in [6.45, 7) is 7.28. The van der Waals surface area contributed by atoms with E-state index in [-0.39, 0.29) is 25.7 Å². The standard InChI is InChI=1S/C75H146O17P2/c1-6-9-12-15-18-21-23-25-27-28-29-31-37-41-46-51-56-61-75(80)92-71(65-86-73(78)59-54-49-44-39-35-33-32-34-38-42-47-52-57-68(4)5)67-90-94(83,84)88-63-69(76)62-87-93(81,82)89-66-70(64-85-72(77)58-53-48-43-20-17-14-11-8-3)91-74(79)60-55-50-45-40-36-30-26-24-22-19-16-13-10-7-2/h68-71,76H,6-67H2,1-5H3,(H,81,82)(H,83,84)/t69-,70+,71+/m0/s1. The van der Waals surface area contributed by atoms with Crippen molar-refractivity contribution in [1.29, 1.82) is 0 Å². The molecule has 0 spiro atoms. The molecule has 0 aromatic carbocycles. The van der Waals surface area contributed by atoms with Gasteiger partial charge in [0.25, 0.3) is 0 Å². The number of carbonyl (C=O) groups is 4. The molecule has 0 bridgehead atoms. The number of carbonyl (C=O) groups excluding carboxylic acids is 4. The van der Waals surface area contributed by atoms with E-state index >= 15 is 0 Å². The van der Waals surface area contributed by atoms with E-state index in [9.17, 15) is 43.2 Å². The monoisotopic (exact) mass is 1380 g/mol. The van der Waals surface area contributed by atoms with Crippen molar-refractivity contribution in [3.63, 3.8) is 0 Å². The van der Waals surface area contributed by atoms with E-state index in [4.69, 9.17) is 37.0 Å². The first kappa shape index (κ1) is 92.1. The maximum Gasteiger partial charge on any atom is 0.472 e. The summed E-state index contributed by atoms with van der Waals surface area (Å²) >= 11 is 0. The van der Waals surface area contributed by atoms with Crippen LogP contribution in [-0.2, 0) is 65.4 Å². The van der Waals surface area contributed by atoms with Crippen molar-refractivity contribution >= 4 is 39.5 Å². The predicted octanol–water partition coefficient (Wildman–Crippen LogP) is 22.1. The van der Waals surface area contributed by atoms with E-state index in [1.54, 1.807) is 0 Å². The van der Waals surface area contributed by atoms with Crippen LogP contribution in [0.2, 0.25) is 0 Å². The number of aliphatic hydroxyl groups excluding tert-OH is 1. The summed E-state index contributed by atoms with van der Waals surface area (Å²) in [5, 5.41) is 10.6. The second-order valence-corrected chi connectivity index (χ2v) is 30.4. The van der Waals surface area contributed by atoms with Crippen LogP contribution in [0.15, 0.2) is 0 Å².